The summed E-state index contributed by atoms with van der Waals surface area (Å²) in [4.78, 5) is 12.6. The molecule has 1 saturated heterocycles. The van der Waals surface area contributed by atoms with Crippen molar-refractivity contribution in [1.29, 1.82) is 0 Å². The number of carbonyl (C=O) groups is 1. The van der Waals surface area contributed by atoms with Crippen molar-refractivity contribution in [3.05, 3.63) is 47.5 Å². The Labute approximate surface area is 170 Å². The van der Waals surface area contributed by atoms with Gasteiger partial charge in [0.1, 0.15) is 16.4 Å². The van der Waals surface area contributed by atoms with Crippen molar-refractivity contribution in [2.75, 3.05) is 45.8 Å². The molecule has 1 aliphatic heterocycles. The molecular weight excluding hydrogens is 396 g/mol. The number of sulfonamides is 1. The Kier molecular flexibility index (Phi) is 6.41. The first-order valence-corrected chi connectivity index (χ1v) is 10.5. The lowest BCUT2D eigenvalue weighted by Gasteiger charge is -2.26. The number of nitrogens with one attached hydrogen (secondary N) is 1. The fourth-order valence-electron chi connectivity index (χ4n) is 3.05. The monoisotopic (exact) mass is 420 g/mol. The molecule has 1 N–H and O–H groups in total. The molecule has 2 aromatic rings. The fraction of sp³-hybridized carbons (Fsp3) is 0.350. The summed E-state index contributed by atoms with van der Waals surface area (Å²) in [5.41, 5.74) is 1.66. The molecule has 1 heterocycles. The summed E-state index contributed by atoms with van der Waals surface area (Å²) in [5.74, 6) is 0.442. The third kappa shape index (κ3) is 4.52. The predicted octanol–water partition coefficient (Wildman–Crippen LogP) is 2.29. The van der Waals surface area contributed by atoms with E-state index >= 15 is 0 Å². The van der Waals surface area contributed by atoms with Gasteiger partial charge in [0.2, 0.25) is 10.0 Å². The second kappa shape index (κ2) is 8.81. The molecule has 8 nitrogen and oxygen atoms in total. The summed E-state index contributed by atoms with van der Waals surface area (Å²) in [6.45, 7) is 3.10. The summed E-state index contributed by atoms with van der Waals surface area (Å²) in [6, 6.07) is 9.64. The molecule has 0 saturated carbocycles. The highest BCUT2D eigenvalue weighted by Gasteiger charge is 2.29. The molecule has 1 aliphatic rings. The average molecular weight is 420 g/mol. The van der Waals surface area contributed by atoms with Gasteiger partial charge in [0.25, 0.3) is 5.91 Å². The molecule has 9 heteroatoms. The van der Waals surface area contributed by atoms with E-state index in [9.17, 15) is 13.2 Å². The molecule has 29 heavy (non-hydrogen) atoms. The van der Waals surface area contributed by atoms with E-state index < -0.39 is 10.0 Å². The number of nitrogens with zero attached hydrogens (tertiary/aromatic N) is 1. The molecule has 156 valence electrons. The number of carbonyl (C=O) groups excluding carboxylic acids is 1. The van der Waals surface area contributed by atoms with Gasteiger partial charge >= 0.3 is 0 Å². The van der Waals surface area contributed by atoms with Crippen molar-refractivity contribution in [1.82, 2.24) is 4.31 Å². The number of methoxy groups -OCH3 is 2. The van der Waals surface area contributed by atoms with Crippen LogP contribution in [-0.2, 0) is 14.8 Å². The highest BCUT2D eigenvalue weighted by Crippen LogP contribution is 2.30. The standard InChI is InChI=1S/C20H24N2O6S/c1-14-4-5-15(12-18(14)27-3)20(23)21-16-6-7-17(26-2)19(13-16)29(24,25)22-8-10-28-11-9-22/h4-7,12-13H,8-11H2,1-3H3,(H,21,23). The molecule has 0 bridgehead atoms. The number of benzene rings is 2. The lowest BCUT2D eigenvalue weighted by molar-refractivity contribution is 0.0729. The number of anilines is 1. The second-order valence-corrected chi connectivity index (χ2v) is 8.43. The SMILES string of the molecule is COc1cc(C(=O)Nc2ccc(OC)c(S(=O)(=O)N3CCOCC3)c2)ccc1C. The van der Waals surface area contributed by atoms with Crippen LogP contribution in [-0.4, -0.2) is 59.2 Å². The molecule has 0 aliphatic carbocycles. The van der Waals surface area contributed by atoms with E-state index in [1.807, 2.05) is 6.92 Å². The van der Waals surface area contributed by atoms with Gasteiger partial charge in [-0.25, -0.2) is 8.42 Å². The smallest absolute Gasteiger partial charge is 0.255 e. The van der Waals surface area contributed by atoms with Crippen LogP contribution in [0.15, 0.2) is 41.3 Å². The average Bonchev–Trinajstić information content (AvgIpc) is 2.74. The van der Waals surface area contributed by atoms with E-state index in [1.165, 1.54) is 30.7 Å². The first-order valence-electron chi connectivity index (χ1n) is 9.08. The third-order valence-corrected chi connectivity index (χ3v) is 6.60. The summed E-state index contributed by atoms with van der Waals surface area (Å²) in [7, 11) is -0.842. The Morgan fingerprint density at radius 1 is 1.03 bits per heavy atom. The molecule has 2 aromatic carbocycles. The lowest BCUT2D eigenvalue weighted by atomic mass is 10.1. The van der Waals surface area contributed by atoms with Crippen LogP contribution in [0.25, 0.3) is 0 Å². The highest BCUT2D eigenvalue weighted by molar-refractivity contribution is 7.89. The van der Waals surface area contributed by atoms with E-state index in [0.717, 1.165) is 5.56 Å². The molecule has 0 aromatic heterocycles. The van der Waals surface area contributed by atoms with Crippen LogP contribution < -0.4 is 14.8 Å². The molecule has 1 fully saturated rings. The zero-order valence-electron chi connectivity index (χ0n) is 16.6. The van der Waals surface area contributed by atoms with Crippen LogP contribution in [0, 0.1) is 6.92 Å². The van der Waals surface area contributed by atoms with Gasteiger partial charge in [-0.2, -0.15) is 4.31 Å². The van der Waals surface area contributed by atoms with Crippen molar-refractivity contribution < 1.29 is 27.4 Å². The first kappa shape index (κ1) is 21.1. The third-order valence-electron chi connectivity index (χ3n) is 4.68. The van der Waals surface area contributed by atoms with Gasteiger partial charge in [-0.05, 0) is 42.8 Å². The van der Waals surface area contributed by atoms with E-state index in [1.54, 1.807) is 24.3 Å². The normalized spacial score (nSPS) is 15.0. The predicted molar refractivity (Wildman–Crippen MR) is 108 cm³/mol. The van der Waals surface area contributed by atoms with Crippen LogP contribution in [0.5, 0.6) is 11.5 Å². The molecule has 0 radical (unpaired) electrons. The summed E-state index contributed by atoms with van der Waals surface area (Å²) in [5, 5.41) is 2.74. The van der Waals surface area contributed by atoms with Gasteiger partial charge in [-0.1, -0.05) is 6.07 Å². The first-order chi connectivity index (χ1) is 13.9. The zero-order chi connectivity index (χ0) is 21.0. The number of aryl methyl sites for hydroxylation is 1. The largest absolute Gasteiger partial charge is 0.496 e. The van der Waals surface area contributed by atoms with Gasteiger partial charge in [-0.15, -0.1) is 0 Å². The summed E-state index contributed by atoms with van der Waals surface area (Å²) >= 11 is 0. The zero-order valence-corrected chi connectivity index (χ0v) is 17.4. The molecule has 3 rings (SSSR count). The van der Waals surface area contributed by atoms with Gasteiger partial charge < -0.3 is 19.5 Å². The second-order valence-electron chi connectivity index (χ2n) is 6.52. The number of morpholine rings is 1. The van der Waals surface area contributed by atoms with Gasteiger partial charge in [0, 0.05) is 24.3 Å². The van der Waals surface area contributed by atoms with Gasteiger partial charge in [0.05, 0.1) is 27.4 Å². The highest BCUT2D eigenvalue weighted by atomic mass is 32.2. The maximum atomic E-state index is 13.1. The maximum absolute atomic E-state index is 13.1. The van der Waals surface area contributed by atoms with Crippen LogP contribution in [0.2, 0.25) is 0 Å². The van der Waals surface area contributed by atoms with Crippen LogP contribution in [0.1, 0.15) is 15.9 Å². The Balaban J connectivity index is 1.89. The fourth-order valence-corrected chi connectivity index (χ4v) is 4.64. The number of amides is 1. The van der Waals surface area contributed by atoms with Crippen molar-refractivity contribution in [2.45, 2.75) is 11.8 Å². The topological polar surface area (TPSA) is 94.2 Å². The van der Waals surface area contributed by atoms with Gasteiger partial charge in [-0.3, -0.25) is 4.79 Å². The van der Waals surface area contributed by atoms with E-state index in [0.29, 0.717) is 30.2 Å². The molecule has 0 atom stereocenters. The van der Waals surface area contributed by atoms with Gasteiger partial charge in [0.15, 0.2) is 0 Å². The minimum Gasteiger partial charge on any atom is -0.496 e. The minimum absolute atomic E-state index is 0.00110. The number of rotatable bonds is 6. The van der Waals surface area contributed by atoms with Crippen molar-refractivity contribution >= 4 is 21.6 Å². The van der Waals surface area contributed by atoms with Crippen LogP contribution >= 0.6 is 0 Å². The van der Waals surface area contributed by atoms with Crippen molar-refractivity contribution in [3.63, 3.8) is 0 Å². The quantitative estimate of drug-likeness (QED) is 0.771. The Morgan fingerprint density at radius 2 is 1.72 bits per heavy atom. The Hall–Kier alpha value is -2.62. The Morgan fingerprint density at radius 3 is 2.38 bits per heavy atom. The van der Waals surface area contributed by atoms with E-state index in [4.69, 9.17) is 14.2 Å². The molecule has 0 unspecified atom stereocenters. The number of ether oxygens (including phenoxy) is 3. The minimum atomic E-state index is -3.79. The maximum Gasteiger partial charge on any atom is 0.255 e. The molecule has 1 amide bonds. The Bertz CT molecular complexity index is 1000. The number of hydrogen-bond acceptors (Lipinski definition) is 6. The summed E-state index contributed by atoms with van der Waals surface area (Å²) < 4.78 is 43.2. The number of hydrogen-bond donors (Lipinski definition) is 1. The van der Waals surface area contributed by atoms with E-state index in [2.05, 4.69) is 5.32 Å². The van der Waals surface area contributed by atoms with Crippen LogP contribution in [0.4, 0.5) is 5.69 Å². The van der Waals surface area contributed by atoms with Crippen molar-refractivity contribution in [2.24, 2.45) is 0 Å². The van der Waals surface area contributed by atoms with Crippen LogP contribution in [0.3, 0.4) is 0 Å². The lowest BCUT2D eigenvalue weighted by Crippen LogP contribution is -2.40. The van der Waals surface area contributed by atoms with Crippen molar-refractivity contribution in [3.8, 4) is 11.5 Å². The molecular formula is C20H24N2O6S. The van der Waals surface area contributed by atoms with E-state index in [-0.39, 0.29) is 29.6 Å². The summed E-state index contributed by atoms with van der Waals surface area (Å²) in [6.07, 6.45) is 0. The molecule has 0 spiro atoms.